The zero-order chi connectivity index (χ0) is 14.1. The zero-order valence-electron chi connectivity index (χ0n) is 10.0. The van der Waals surface area contributed by atoms with Gasteiger partial charge in [-0.3, -0.25) is 0 Å². The number of nitriles is 1. The Kier molecular flexibility index (Phi) is 4.13. The van der Waals surface area contributed by atoms with Crippen LogP contribution in [-0.2, 0) is 6.18 Å². The molecule has 0 aliphatic heterocycles. The summed E-state index contributed by atoms with van der Waals surface area (Å²) in [6.45, 7) is 5.51. The summed E-state index contributed by atoms with van der Waals surface area (Å²) in [5.74, 6) is -0.0154. The third-order valence-electron chi connectivity index (χ3n) is 1.90. The van der Waals surface area contributed by atoms with Gasteiger partial charge in [-0.1, -0.05) is 15.9 Å². The van der Waals surface area contributed by atoms with E-state index in [1.54, 1.807) is 6.07 Å². The predicted molar refractivity (Wildman–Crippen MR) is 67.8 cm³/mol. The molecule has 1 aromatic carbocycles. The van der Waals surface area contributed by atoms with Gasteiger partial charge in [0.05, 0.1) is 5.56 Å². The van der Waals surface area contributed by atoms with E-state index in [0.29, 0.717) is 0 Å². The lowest BCUT2D eigenvalue weighted by molar-refractivity contribution is -0.137. The first-order valence-corrected chi connectivity index (χ1v) is 9.24. The fraction of sp³-hybridized carbons (Fsp3) is 0.364. The van der Waals surface area contributed by atoms with Crippen molar-refractivity contribution in [1.29, 1.82) is 5.26 Å². The standard InChI is InChI=1S/C11H11BrF3NOSi/c1-18(2,3)17-10-5-7(12)4-9(8(10)6-16)11(13,14)15/h4-5H,1-3H3. The number of alkyl halides is 3. The van der Waals surface area contributed by atoms with Gasteiger partial charge >= 0.3 is 6.18 Å². The van der Waals surface area contributed by atoms with Crippen LogP contribution in [0.4, 0.5) is 13.2 Å². The van der Waals surface area contributed by atoms with Crippen LogP contribution in [0.25, 0.3) is 0 Å². The second-order valence-corrected chi connectivity index (χ2v) is 10.00. The minimum atomic E-state index is -4.58. The molecular weight excluding hydrogens is 327 g/mol. The van der Waals surface area contributed by atoms with Crippen molar-refractivity contribution in [3.8, 4) is 11.8 Å². The normalized spacial score (nSPS) is 12.1. The van der Waals surface area contributed by atoms with E-state index < -0.39 is 25.6 Å². The summed E-state index contributed by atoms with van der Waals surface area (Å²) < 4.78 is 44.2. The van der Waals surface area contributed by atoms with Gasteiger partial charge in [-0.05, 0) is 31.8 Å². The summed E-state index contributed by atoms with van der Waals surface area (Å²) in [7, 11) is -2.09. The molecular formula is C11H11BrF3NOSi. The fourth-order valence-electron chi connectivity index (χ4n) is 1.33. The molecule has 1 rings (SSSR count). The molecule has 0 spiro atoms. The van der Waals surface area contributed by atoms with Gasteiger partial charge in [0.25, 0.3) is 0 Å². The molecule has 0 aliphatic carbocycles. The van der Waals surface area contributed by atoms with E-state index in [1.807, 2.05) is 19.6 Å². The van der Waals surface area contributed by atoms with Crippen molar-refractivity contribution in [3.05, 3.63) is 27.7 Å². The number of benzene rings is 1. The maximum Gasteiger partial charge on any atom is 0.417 e. The topological polar surface area (TPSA) is 33.0 Å². The van der Waals surface area contributed by atoms with Gasteiger partial charge in [-0.25, -0.2) is 0 Å². The van der Waals surface area contributed by atoms with Crippen molar-refractivity contribution in [2.45, 2.75) is 25.8 Å². The number of nitrogens with zero attached hydrogens (tertiary/aromatic N) is 1. The summed E-state index contributed by atoms with van der Waals surface area (Å²) in [6, 6.07) is 3.86. The summed E-state index contributed by atoms with van der Waals surface area (Å²) >= 11 is 3.00. The highest BCUT2D eigenvalue weighted by molar-refractivity contribution is 9.10. The summed E-state index contributed by atoms with van der Waals surface area (Å²) in [5, 5.41) is 8.92. The monoisotopic (exact) mass is 337 g/mol. The van der Waals surface area contributed by atoms with E-state index in [9.17, 15) is 13.2 Å². The first kappa shape index (κ1) is 15.1. The molecule has 0 N–H and O–H groups in total. The minimum Gasteiger partial charge on any atom is -0.543 e. The smallest absolute Gasteiger partial charge is 0.417 e. The van der Waals surface area contributed by atoms with Crippen LogP contribution in [0.3, 0.4) is 0 Å². The number of hydrogen-bond donors (Lipinski definition) is 0. The lowest BCUT2D eigenvalue weighted by Gasteiger charge is -2.22. The molecule has 0 fully saturated rings. The molecule has 0 aromatic heterocycles. The van der Waals surface area contributed by atoms with Gasteiger partial charge in [0.15, 0.2) is 0 Å². The minimum absolute atomic E-state index is 0.0154. The van der Waals surface area contributed by atoms with Gasteiger partial charge in [0.2, 0.25) is 8.32 Å². The molecule has 0 heterocycles. The van der Waals surface area contributed by atoms with Crippen LogP contribution < -0.4 is 4.43 Å². The summed E-state index contributed by atoms with van der Waals surface area (Å²) in [5.41, 5.74) is -1.44. The molecule has 0 saturated carbocycles. The Morgan fingerprint density at radius 3 is 2.22 bits per heavy atom. The van der Waals surface area contributed by atoms with E-state index >= 15 is 0 Å². The lowest BCUT2D eigenvalue weighted by atomic mass is 10.1. The second kappa shape index (κ2) is 4.94. The third-order valence-corrected chi connectivity index (χ3v) is 3.19. The van der Waals surface area contributed by atoms with E-state index in [2.05, 4.69) is 15.9 Å². The molecule has 0 saturated heterocycles. The van der Waals surface area contributed by atoms with Crippen molar-refractivity contribution >= 4 is 24.2 Å². The van der Waals surface area contributed by atoms with Crippen LogP contribution in [0, 0.1) is 11.3 Å². The van der Waals surface area contributed by atoms with E-state index in [-0.39, 0.29) is 10.2 Å². The highest BCUT2D eigenvalue weighted by Gasteiger charge is 2.36. The average Bonchev–Trinajstić information content (AvgIpc) is 2.12. The lowest BCUT2D eigenvalue weighted by Crippen LogP contribution is -2.30. The molecule has 0 atom stereocenters. The van der Waals surface area contributed by atoms with Gasteiger partial charge in [-0.2, -0.15) is 18.4 Å². The number of rotatable bonds is 2. The Balaban J connectivity index is 3.45. The SMILES string of the molecule is C[Si](C)(C)Oc1cc(Br)cc(C(F)(F)F)c1C#N. The van der Waals surface area contributed by atoms with Gasteiger partial charge < -0.3 is 4.43 Å². The molecule has 0 bridgehead atoms. The van der Waals surface area contributed by atoms with Crippen LogP contribution in [0.15, 0.2) is 16.6 Å². The van der Waals surface area contributed by atoms with E-state index in [0.717, 1.165) is 6.07 Å². The molecule has 2 nitrogen and oxygen atoms in total. The average molecular weight is 338 g/mol. The first-order chi connectivity index (χ1) is 8.04. The van der Waals surface area contributed by atoms with Crippen LogP contribution in [-0.4, -0.2) is 8.32 Å². The first-order valence-electron chi connectivity index (χ1n) is 5.04. The van der Waals surface area contributed by atoms with E-state index in [4.69, 9.17) is 9.69 Å². The molecule has 0 unspecified atom stereocenters. The van der Waals surface area contributed by atoms with Crippen molar-refractivity contribution < 1.29 is 17.6 Å². The van der Waals surface area contributed by atoms with Crippen molar-refractivity contribution in [2.75, 3.05) is 0 Å². The quantitative estimate of drug-likeness (QED) is 0.741. The summed E-state index contributed by atoms with van der Waals surface area (Å²) in [6.07, 6.45) is -4.58. The van der Waals surface area contributed by atoms with Crippen LogP contribution in [0.5, 0.6) is 5.75 Å². The molecule has 7 heteroatoms. The Labute approximate surface area is 113 Å². The molecule has 98 valence electrons. The molecule has 1 aromatic rings. The Bertz CT molecular complexity index is 503. The second-order valence-electron chi connectivity index (χ2n) is 4.65. The maximum absolute atomic E-state index is 12.8. The third kappa shape index (κ3) is 3.75. The van der Waals surface area contributed by atoms with E-state index in [1.165, 1.54) is 6.07 Å². The Morgan fingerprint density at radius 2 is 1.83 bits per heavy atom. The molecule has 0 aliphatic rings. The Morgan fingerprint density at radius 1 is 1.28 bits per heavy atom. The van der Waals surface area contributed by atoms with Crippen LogP contribution in [0.1, 0.15) is 11.1 Å². The van der Waals surface area contributed by atoms with Crippen molar-refractivity contribution in [1.82, 2.24) is 0 Å². The summed E-state index contributed by atoms with van der Waals surface area (Å²) in [4.78, 5) is 0. The number of halogens is 4. The van der Waals surface area contributed by atoms with Gasteiger partial charge in [-0.15, -0.1) is 0 Å². The fourth-order valence-corrected chi connectivity index (χ4v) is 2.59. The maximum atomic E-state index is 12.8. The molecule has 0 radical (unpaired) electrons. The van der Waals surface area contributed by atoms with Crippen molar-refractivity contribution in [3.63, 3.8) is 0 Å². The largest absolute Gasteiger partial charge is 0.543 e. The predicted octanol–water partition coefficient (Wildman–Crippen LogP) is 4.55. The van der Waals surface area contributed by atoms with Crippen molar-refractivity contribution in [2.24, 2.45) is 0 Å². The highest BCUT2D eigenvalue weighted by Crippen LogP contribution is 2.38. The van der Waals surface area contributed by atoms with Gasteiger partial charge in [0, 0.05) is 4.47 Å². The molecule has 0 amide bonds. The molecule has 18 heavy (non-hydrogen) atoms. The van der Waals surface area contributed by atoms with Crippen LogP contribution >= 0.6 is 15.9 Å². The highest BCUT2D eigenvalue weighted by atomic mass is 79.9. The van der Waals surface area contributed by atoms with Crippen LogP contribution in [0.2, 0.25) is 19.6 Å². The zero-order valence-corrected chi connectivity index (χ0v) is 12.6. The Hall–Kier alpha value is -1.00. The van der Waals surface area contributed by atoms with Gasteiger partial charge in [0.1, 0.15) is 17.4 Å². The number of hydrogen-bond acceptors (Lipinski definition) is 2.